The molecule has 0 radical (unpaired) electrons. The Balaban J connectivity index is 2.00. The van der Waals surface area contributed by atoms with E-state index in [-0.39, 0.29) is 0 Å². The van der Waals surface area contributed by atoms with Crippen molar-refractivity contribution in [3.05, 3.63) is 69.2 Å². The van der Waals surface area contributed by atoms with Crippen LogP contribution in [-0.2, 0) is 6.54 Å². The first kappa shape index (κ1) is 14.3. The smallest absolute Gasteiger partial charge is 0.0294 e. The van der Waals surface area contributed by atoms with Crippen molar-refractivity contribution < 1.29 is 0 Å². The lowest BCUT2D eigenvalue weighted by Crippen LogP contribution is -2.18. The van der Waals surface area contributed by atoms with Crippen molar-refractivity contribution in [1.29, 1.82) is 0 Å². The third kappa shape index (κ3) is 3.92. The predicted octanol–water partition coefficient (Wildman–Crippen LogP) is 4.92. The summed E-state index contributed by atoms with van der Waals surface area (Å²) < 4.78 is 1.12. The van der Waals surface area contributed by atoms with Crippen LogP contribution in [0.3, 0.4) is 0 Å². The minimum Gasteiger partial charge on any atom is -0.306 e. The highest BCUT2D eigenvalue weighted by atomic mass is 79.9. The normalized spacial score (nSPS) is 12.4. The molecule has 2 rings (SSSR count). The molecule has 19 heavy (non-hydrogen) atoms. The van der Waals surface area contributed by atoms with Gasteiger partial charge in [-0.2, -0.15) is 0 Å². The minimum absolute atomic E-state index is 0.355. The monoisotopic (exact) mass is 317 g/mol. The molecule has 0 aliphatic rings. The molecule has 1 atom stereocenters. The zero-order chi connectivity index (χ0) is 13.8. The average Bonchev–Trinajstić information content (AvgIpc) is 2.38. The van der Waals surface area contributed by atoms with Crippen LogP contribution in [0.1, 0.15) is 35.2 Å². The summed E-state index contributed by atoms with van der Waals surface area (Å²) in [5, 5.41) is 3.58. The van der Waals surface area contributed by atoms with Gasteiger partial charge < -0.3 is 5.32 Å². The molecule has 2 aromatic rings. The maximum absolute atomic E-state index is 3.58. The van der Waals surface area contributed by atoms with Gasteiger partial charge in [-0.1, -0.05) is 51.8 Å². The van der Waals surface area contributed by atoms with Gasteiger partial charge in [-0.15, -0.1) is 0 Å². The standard InChI is InChI=1S/C17H20BrN/c1-12-4-5-16(13(2)10-12)11-19-14(3)15-6-8-17(18)9-7-15/h4-10,14,19H,11H2,1-3H3/t14-/m1/s1. The van der Waals surface area contributed by atoms with Crippen LogP contribution in [0.2, 0.25) is 0 Å². The molecule has 2 aromatic carbocycles. The maximum atomic E-state index is 3.58. The van der Waals surface area contributed by atoms with E-state index < -0.39 is 0 Å². The average molecular weight is 318 g/mol. The molecule has 0 heterocycles. The highest BCUT2D eigenvalue weighted by molar-refractivity contribution is 9.10. The van der Waals surface area contributed by atoms with Gasteiger partial charge in [0, 0.05) is 17.1 Å². The summed E-state index contributed by atoms with van der Waals surface area (Å²) in [6, 6.07) is 15.5. The van der Waals surface area contributed by atoms with Crippen molar-refractivity contribution in [3.8, 4) is 0 Å². The van der Waals surface area contributed by atoms with Gasteiger partial charge in [-0.05, 0) is 49.6 Å². The quantitative estimate of drug-likeness (QED) is 0.844. The molecule has 0 saturated carbocycles. The topological polar surface area (TPSA) is 12.0 Å². The summed E-state index contributed by atoms with van der Waals surface area (Å²) in [7, 11) is 0. The SMILES string of the molecule is Cc1ccc(CN[C@H](C)c2ccc(Br)cc2)c(C)c1. The second-order valence-electron chi connectivity index (χ2n) is 5.08. The molecule has 0 saturated heterocycles. The van der Waals surface area contributed by atoms with Gasteiger partial charge in [0.1, 0.15) is 0 Å². The van der Waals surface area contributed by atoms with Crippen molar-refractivity contribution >= 4 is 15.9 Å². The van der Waals surface area contributed by atoms with Crippen LogP contribution >= 0.6 is 15.9 Å². The molecule has 0 aromatic heterocycles. The van der Waals surface area contributed by atoms with E-state index in [2.05, 4.69) is 84.5 Å². The molecule has 0 unspecified atom stereocenters. The Morgan fingerprint density at radius 2 is 1.74 bits per heavy atom. The first-order chi connectivity index (χ1) is 9.06. The number of hydrogen-bond donors (Lipinski definition) is 1. The summed E-state index contributed by atoms with van der Waals surface area (Å²) in [4.78, 5) is 0. The first-order valence-corrected chi connectivity index (χ1v) is 7.40. The molecular weight excluding hydrogens is 298 g/mol. The van der Waals surface area contributed by atoms with E-state index >= 15 is 0 Å². The van der Waals surface area contributed by atoms with Crippen LogP contribution in [0.15, 0.2) is 46.9 Å². The number of benzene rings is 2. The summed E-state index contributed by atoms with van der Waals surface area (Å²) in [5.41, 5.74) is 5.36. The van der Waals surface area contributed by atoms with E-state index in [4.69, 9.17) is 0 Å². The van der Waals surface area contributed by atoms with Crippen LogP contribution in [0, 0.1) is 13.8 Å². The molecule has 2 heteroatoms. The van der Waals surface area contributed by atoms with Crippen LogP contribution in [0.25, 0.3) is 0 Å². The van der Waals surface area contributed by atoms with Crippen molar-refractivity contribution in [3.63, 3.8) is 0 Å². The van der Waals surface area contributed by atoms with E-state index in [1.165, 1.54) is 22.3 Å². The Kier molecular flexibility index (Phi) is 4.78. The van der Waals surface area contributed by atoms with E-state index in [0.717, 1.165) is 11.0 Å². The Hall–Kier alpha value is -1.12. The fourth-order valence-electron chi connectivity index (χ4n) is 2.18. The number of rotatable bonds is 4. The lowest BCUT2D eigenvalue weighted by Gasteiger charge is -2.16. The molecule has 0 amide bonds. The van der Waals surface area contributed by atoms with E-state index in [0.29, 0.717) is 6.04 Å². The Morgan fingerprint density at radius 1 is 1.05 bits per heavy atom. The summed E-state index contributed by atoms with van der Waals surface area (Å²) in [6.07, 6.45) is 0. The molecule has 0 aliphatic carbocycles. The zero-order valence-corrected chi connectivity index (χ0v) is 13.3. The van der Waals surface area contributed by atoms with E-state index in [1.54, 1.807) is 0 Å². The van der Waals surface area contributed by atoms with Gasteiger partial charge in [0.05, 0.1) is 0 Å². The second-order valence-corrected chi connectivity index (χ2v) is 6.00. The predicted molar refractivity (Wildman–Crippen MR) is 85.3 cm³/mol. The van der Waals surface area contributed by atoms with Crippen LogP contribution in [-0.4, -0.2) is 0 Å². The molecule has 0 spiro atoms. The molecule has 0 aliphatic heterocycles. The zero-order valence-electron chi connectivity index (χ0n) is 11.7. The lowest BCUT2D eigenvalue weighted by molar-refractivity contribution is 0.573. The third-order valence-electron chi connectivity index (χ3n) is 3.47. The van der Waals surface area contributed by atoms with Crippen molar-refractivity contribution in [1.82, 2.24) is 5.32 Å². The summed E-state index contributed by atoms with van der Waals surface area (Å²) in [6.45, 7) is 7.42. The van der Waals surface area contributed by atoms with E-state index in [1.807, 2.05) is 0 Å². The second kappa shape index (κ2) is 6.36. The number of aryl methyl sites for hydroxylation is 2. The lowest BCUT2D eigenvalue weighted by atomic mass is 10.0. The van der Waals surface area contributed by atoms with Gasteiger partial charge in [0.2, 0.25) is 0 Å². The highest BCUT2D eigenvalue weighted by Crippen LogP contribution is 2.18. The highest BCUT2D eigenvalue weighted by Gasteiger charge is 2.05. The maximum Gasteiger partial charge on any atom is 0.0294 e. The largest absolute Gasteiger partial charge is 0.306 e. The van der Waals surface area contributed by atoms with Crippen LogP contribution in [0.4, 0.5) is 0 Å². The van der Waals surface area contributed by atoms with Crippen molar-refractivity contribution in [2.45, 2.75) is 33.4 Å². The molecule has 1 N–H and O–H groups in total. The number of halogens is 1. The van der Waals surface area contributed by atoms with Gasteiger partial charge >= 0.3 is 0 Å². The van der Waals surface area contributed by atoms with Crippen molar-refractivity contribution in [2.75, 3.05) is 0 Å². The fraction of sp³-hybridized carbons (Fsp3) is 0.294. The fourth-order valence-corrected chi connectivity index (χ4v) is 2.44. The summed E-state index contributed by atoms with van der Waals surface area (Å²) >= 11 is 3.47. The summed E-state index contributed by atoms with van der Waals surface area (Å²) in [5.74, 6) is 0. The molecule has 0 bridgehead atoms. The molecular formula is C17H20BrN. The molecule has 0 fully saturated rings. The Morgan fingerprint density at radius 3 is 2.37 bits per heavy atom. The van der Waals surface area contributed by atoms with E-state index in [9.17, 15) is 0 Å². The van der Waals surface area contributed by atoms with Gasteiger partial charge in [-0.25, -0.2) is 0 Å². The Labute approximate surface area is 124 Å². The first-order valence-electron chi connectivity index (χ1n) is 6.61. The van der Waals surface area contributed by atoms with Crippen molar-refractivity contribution in [2.24, 2.45) is 0 Å². The minimum atomic E-state index is 0.355. The van der Waals surface area contributed by atoms with Gasteiger partial charge in [0.25, 0.3) is 0 Å². The Bertz CT molecular complexity index is 546. The third-order valence-corrected chi connectivity index (χ3v) is 4.00. The van der Waals surface area contributed by atoms with Crippen LogP contribution < -0.4 is 5.32 Å². The molecule has 1 nitrogen and oxygen atoms in total. The van der Waals surface area contributed by atoms with Gasteiger partial charge in [-0.3, -0.25) is 0 Å². The number of nitrogens with one attached hydrogen (secondary N) is 1. The number of hydrogen-bond acceptors (Lipinski definition) is 1. The van der Waals surface area contributed by atoms with Crippen LogP contribution in [0.5, 0.6) is 0 Å². The molecule has 100 valence electrons. The van der Waals surface area contributed by atoms with Gasteiger partial charge in [0.15, 0.2) is 0 Å².